The number of para-hydroxylation sites is 1. The van der Waals surface area contributed by atoms with E-state index in [1.807, 2.05) is 56.6 Å². The monoisotopic (exact) mass is 315 g/mol. The molecule has 2 aromatic rings. The Morgan fingerprint density at radius 2 is 1.87 bits per heavy atom. The molecule has 0 aliphatic carbocycles. The largest absolute Gasteiger partial charge is 0.517 e. The number of hydrogen-bond acceptors (Lipinski definition) is 5. The number of nitrogens with one attached hydrogen (secondary N) is 1. The average molecular weight is 315 g/mol. The van der Waals surface area contributed by atoms with Gasteiger partial charge in [-0.15, -0.1) is 0 Å². The van der Waals surface area contributed by atoms with Crippen LogP contribution in [0.25, 0.3) is 10.9 Å². The SMILES string of the molecule is CC1(C)OB(c2nn(C3NCCO3)c3ccccc23)OC1(C)C. The van der Waals surface area contributed by atoms with Crippen LogP contribution in [0.5, 0.6) is 0 Å². The first-order valence-electron chi connectivity index (χ1n) is 8.07. The molecule has 1 atom stereocenters. The minimum Gasteiger partial charge on any atom is -0.398 e. The first-order valence-corrected chi connectivity index (χ1v) is 8.07. The van der Waals surface area contributed by atoms with Gasteiger partial charge in [-0.25, -0.2) is 4.68 Å². The number of nitrogens with zero attached hydrogens (tertiary/aromatic N) is 2. The predicted molar refractivity (Wildman–Crippen MR) is 88.4 cm³/mol. The minimum absolute atomic E-state index is 0.240. The molecule has 0 radical (unpaired) electrons. The third-order valence-corrected chi connectivity index (χ3v) is 5.04. The Bertz CT molecular complexity index is 721. The van der Waals surface area contributed by atoms with Crippen molar-refractivity contribution in [2.24, 2.45) is 0 Å². The van der Waals surface area contributed by atoms with Crippen molar-refractivity contribution < 1.29 is 14.0 Å². The van der Waals surface area contributed by atoms with E-state index in [1.54, 1.807) is 0 Å². The van der Waals surface area contributed by atoms with Crippen LogP contribution < -0.4 is 10.9 Å². The zero-order chi connectivity index (χ0) is 16.2. The highest BCUT2D eigenvalue weighted by atomic mass is 16.7. The van der Waals surface area contributed by atoms with Crippen molar-refractivity contribution in [1.82, 2.24) is 15.1 Å². The van der Waals surface area contributed by atoms with Gasteiger partial charge in [0, 0.05) is 11.9 Å². The lowest BCUT2D eigenvalue weighted by Gasteiger charge is -2.32. The maximum atomic E-state index is 6.17. The van der Waals surface area contributed by atoms with Crippen LogP contribution in [0.2, 0.25) is 0 Å². The summed E-state index contributed by atoms with van der Waals surface area (Å²) in [5.74, 6) is 0. The van der Waals surface area contributed by atoms with Gasteiger partial charge in [0.2, 0.25) is 6.35 Å². The van der Waals surface area contributed by atoms with Crippen LogP contribution in [0.1, 0.15) is 34.0 Å². The van der Waals surface area contributed by atoms with Crippen molar-refractivity contribution in [3.8, 4) is 0 Å². The first-order chi connectivity index (χ1) is 10.9. The molecular formula is C16H22BN3O3. The van der Waals surface area contributed by atoms with Crippen LogP contribution in [-0.2, 0) is 14.0 Å². The van der Waals surface area contributed by atoms with Gasteiger partial charge in [-0.3, -0.25) is 5.32 Å². The average Bonchev–Trinajstić information content (AvgIpc) is 3.16. The summed E-state index contributed by atoms with van der Waals surface area (Å²) < 4.78 is 19.9. The number of rotatable bonds is 2. The highest BCUT2D eigenvalue weighted by Gasteiger charge is 2.53. The second kappa shape index (κ2) is 5.04. The lowest BCUT2D eigenvalue weighted by molar-refractivity contribution is 0.00578. The third kappa shape index (κ3) is 2.30. The molecule has 23 heavy (non-hydrogen) atoms. The molecule has 6 nitrogen and oxygen atoms in total. The summed E-state index contributed by atoms with van der Waals surface area (Å²) >= 11 is 0. The second-order valence-electron chi connectivity index (χ2n) is 7.11. The van der Waals surface area contributed by atoms with Crippen LogP contribution >= 0.6 is 0 Å². The maximum absolute atomic E-state index is 6.17. The van der Waals surface area contributed by atoms with E-state index < -0.39 is 7.12 Å². The van der Waals surface area contributed by atoms with Crippen LogP contribution in [0.15, 0.2) is 24.3 Å². The van der Waals surface area contributed by atoms with Gasteiger partial charge < -0.3 is 14.0 Å². The summed E-state index contributed by atoms with van der Waals surface area (Å²) in [7, 11) is -0.479. The fraction of sp³-hybridized carbons (Fsp3) is 0.562. The summed E-state index contributed by atoms with van der Waals surface area (Å²) in [6.07, 6.45) is -0.240. The summed E-state index contributed by atoms with van der Waals surface area (Å²) in [6, 6.07) is 8.10. The van der Waals surface area contributed by atoms with Crippen molar-refractivity contribution >= 4 is 23.6 Å². The molecule has 3 heterocycles. The molecule has 0 bridgehead atoms. The van der Waals surface area contributed by atoms with E-state index in [2.05, 4.69) is 5.32 Å². The molecule has 2 saturated heterocycles. The van der Waals surface area contributed by atoms with E-state index in [4.69, 9.17) is 19.1 Å². The van der Waals surface area contributed by atoms with Gasteiger partial charge in [0.1, 0.15) is 5.59 Å². The lowest BCUT2D eigenvalue weighted by atomic mass is 9.82. The Kier molecular flexibility index (Phi) is 3.32. The van der Waals surface area contributed by atoms with Gasteiger partial charge in [-0.2, -0.15) is 5.10 Å². The molecule has 0 spiro atoms. The third-order valence-electron chi connectivity index (χ3n) is 5.04. The van der Waals surface area contributed by atoms with Gasteiger partial charge >= 0.3 is 7.12 Å². The van der Waals surface area contributed by atoms with E-state index in [0.29, 0.717) is 6.61 Å². The highest BCUT2D eigenvalue weighted by Crippen LogP contribution is 2.37. The minimum atomic E-state index is -0.479. The van der Waals surface area contributed by atoms with Crippen LogP contribution in [-0.4, -0.2) is 41.3 Å². The maximum Gasteiger partial charge on any atom is 0.517 e. The van der Waals surface area contributed by atoms with Gasteiger partial charge in [0.25, 0.3) is 0 Å². The van der Waals surface area contributed by atoms with E-state index in [-0.39, 0.29) is 17.6 Å². The Labute approximate surface area is 136 Å². The summed E-state index contributed by atoms with van der Waals surface area (Å²) in [5.41, 5.74) is 1.04. The Morgan fingerprint density at radius 1 is 1.17 bits per heavy atom. The van der Waals surface area contributed by atoms with E-state index in [1.165, 1.54) is 0 Å². The van der Waals surface area contributed by atoms with Crippen molar-refractivity contribution in [3.63, 3.8) is 0 Å². The molecule has 2 fully saturated rings. The zero-order valence-corrected chi connectivity index (χ0v) is 14.0. The van der Waals surface area contributed by atoms with Crippen molar-refractivity contribution in [2.75, 3.05) is 13.2 Å². The molecule has 0 amide bonds. The second-order valence-corrected chi connectivity index (χ2v) is 7.11. The topological polar surface area (TPSA) is 57.5 Å². The van der Waals surface area contributed by atoms with Crippen molar-refractivity contribution in [3.05, 3.63) is 24.3 Å². The molecule has 2 aliphatic heterocycles. The summed E-state index contributed by atoms with van der Waals surface area (Å²) in [4.78, 5) is 0. The van der Waals surface area contributed by atoms with Gasteiger partial charge in [-0.1, -0.05) is 18.2 Å². The fourth-order valence-corrected chi connectivity index (χ4v) is 2.99. The van der Waals surface area contributed by atoms with E-state index >= 15 is 0 Å². The Morgan fingerprint density at radius 3 is 2.52 bits per heavy atom. The smallest absolute Gasteiger partial charge is 0.398 e. The summed E-state index contributed by atoms with van der Waals surface area (Å²) in [6.45, 7) is 9.71. The van der Waals surface area contributed by atoms with E-state index in [9.17, 15) is 0 Å². The highest BCUT2D eigenvalue weighted by molar-refractivity contribution is 6.64. The Balaban J connectivity index is 1.79. The molecule has 0 saturated carbocycles. The number of benzene rings is 1. The molecule has 7 heteroatoms. The van der Waals surface area contributed by atoms with Crippen LogP contribution in [0.3, 0.4) is 0 Å². The molecular weight excluding hydrogens is 293 g/mol. The predicted octanol–water partition coefficient (Wildman–Crippen LogP) is 1.41. The molecule has 2 aliphatic rings. The standard InChI is InChI=1S/C16H22BN3O3/c1-15(2)16(3,4)23-17(22-15)13-11-7-5-6-8-12(11)20(19-13)14-18-9-10-21-14/h5-8,14,18H,9-10H2,1-4H3. The molecule has 1 aromatic heterocycles. The molecule has 122 valence electrons. The summed E-state index contributed by atoms with van der Waals surface area (Å²) in [5, 5.41) is 9.09. The normalized spacial score (nSPS) is 26.3. The quantitative estimate of drug-likeness (QED) is 0.849. The van der Waals surface area contributed by atoms with Crippen molar-refractivity contribution in [2.45, 2.75) is 45.2 Å². The lowest BCUT2D eigenvalue weighted by Crippen LogP contribution is -2.41. The fourth-order valence-electron chi connectivity index (χ4n) is 2.99. The number of aromatic nitrogens is 2. The van der Waals surface area contributed by atoms with Gasteiger partial charge in [0.05, 0.1) is 23.3 Å². The first kappa shape index (κ1) is 15.1. The van der Waals surface area contributed by atoms with Gasteiger partial charge in [0.15, 0.2) is 0 Å². The van der Waals surface area contributed by atoms with Crippen LogP contribution in [0.4, 0.5) is 0 Å². The van der Waals surface area contributed by atoms with Gasteiger partial charge in [-0.05, 0) is 33.8 Å². The molecule has 1 N–H and O–H groups in total. The molecule has 1 aromatic carbocycles. The van der Waals surface area contributed by atoms with E-state index in [0.717, 1.165) is 23.0 Å². The van der Waals surface area contributed by atoms with Crippen molar-refractivity contribution in [1.29, 1.82) is 0 Å². The van der Waals surface area contributed by atoms with Crippen LogP contribution in [0, 0.1) is 0 Å². The number of ether oxygens (including phenoxy) is 1. The Hall–Kier alpha value is -1.41. The molecule has 4 rings (SSSR count). The number of fused-ring (bicyclic) bond motifs is 1. The molecule has 1 unspecified atom stereocenters. The number of hydrogen-bond donors (Lipinski definition) is 1. The zero-order valence-electron chi connectivity index (χ0n) is 14.0.